The molecular formula is C26H35Cl2N2+. The monoisotopic (exact) mass is 445 g/mol. The molecule has 0 atom stereocenters. The van der Waals surface area contributed by atoms with E-state index in [9.17, 15) is 0 Å². The number of aromatic nitrogens is 2. The standard InChI is InChI=1S/C26H35Cl2N2/c1-2-3-4-5-6-7-8-9-10-13-18-29-21-30(26(28)25(29)27)20-22-16-17-23-14-11-12-15-24(23)19-22/h11-12,14-17,19,21H,2-10,13,18,20H2,1H3/q+1. The highest BCUT2D eigenvalue weighted by Crippen LogP contribution is 2.21. The summed E-state index contributed by atoms with van der Waals surface area (Å²) in [5, 5.41) is 3.78. The van der Waals surface area contributed by atoms with Crippen molar-refractivity contribution in [3.8, 4) is 0 Å². The first kappa shape index (κ1) is 23.2. The topological polar surface area (TPSA) is 8.81 Å². The Morgan fingerprint density at radius 3 is 2.10 bits per heavy atom. The molecule has 0 aliphatic heterocycles. The quantitative estimate of drug-likeness (QED) is 0.185. The maximum Gasteiger partial charge on any atom is 0.255 e. The van der Waals surface area contributed by atoms with Crippen molar-refractivity contribution in [1.29, 1.82) is 0 Å². The molecule has 2 nitrogen and oxygen atoms in total. The minimum atomic E-state index is 0.622. The van der Waals surface area contributed by atoms with Gasteiger partial charge in [-0.15, -0.1) is 0 Å². The zero-order valence-corrected chi connectivity index (χ0v) is 19.8. The van der Waals surface area contributed by atoms with E-state index in [0.717, 1.165) is 19.5 Å². The second-order valence-corrected chi connectivity index (χ2v) is 9.10. The summed E-state index contributed by atoms with van der Waals surface area (Å²) in [6, 6.07) is 15.0. The van der Waals surface area contributed by atoms with Crippen LogP contribution in [0.15, 0.2) is 48.8 Å². The number of fused-ring (bicyclic) bond motifs is 1. The molecule has 0 bridgehead atoms. The zero-order valence-electron chi connectivity index (χ0n) is 18.3. The Morgan fingerprint density at radius 2 is 1.40 bits per heavy atom. The van der Waals surface area contributed by atoms with Gasteiger partial charge in [0, 0.05) is 0 Å². The van der Waals surface area contributed by atoms with Gasteiger partial charge in [-0.2, -0.15) is 0 Å². The van der Waals surface area contributed by atoms with Crippen LogP contribution in [0.3, 0.4) is 0 Å². The minimum Gasteiger partial charge on any atom is -0.219 e. The molecule has 0 saturated carbocycles. The first-order valence-corrected chi connectivity index (χ1v) is 12.4. The third kappa shape index (κ3) is 6.75. The van der Waals surface area contributed by atoms with Gasteiger partial charge in [-0.3, -0.25) is 0 Å². The lowest BCUT2D eigenvalue weighted by atomic mass is 10.1. The number of hydrogen-bond donors (Lipinski definition) is 0. The van der Waals surface area contributed by atoms with Gasteiger partial charge in [-0.25, -0.2) is 9.13 Å². The smallest absolute Gasteiger partial charge is 0.219 e. The molecule has 0 spiro atoms. The van der Waals surface area contributed by atoms with E-state index in [-0.39, 0.29) is 0 Å². The highest BCUT2D eigenvalue weighted by molar-refractivity contribution is 6.39. The number of rotatable bonds is 13. The van der Waals surface area contributed by atoms with Gasteiger partial charge in [0.05, 0.1) is 6.54 Å². The van der Waals surface area contributed by atoms with Gasteiger partial charge >= 0.3 is 0 Å². The molecular weight excluding hydrogens is 411 g/mol. The maximum absolute atomic E-state index is 6.53. The SMILES string of the molecule is CCCCCCCCCCCCn1c[n+](Cc2ccc3ccccc3c2)c(Cl)c1Cl. The third-order valence-corrected chi connectivity index (χ3v) is 6.76. The molecule has 0 amide bonds. The molecule has 0 N–H and O–H groups in total. The Labute approximate surface area is 191 Å². The van der Waals surface area contributed by atoms with Crippen molar-refractivity contribution < 1.29 is 4.57 Å². The van der Waals surface area contributed by atoms with E-state index < -0.39 is 0 Å². The lowest BCUT2D eigenvalue weighted by Crippen LogP contribution is -2.33. The Morgan fingerprint density at radius 1 is 0.767 bits per heavy atom. The van der Waals surface area contributed by atoms with Crippen LogP contribution in [0.25, 0.3) is 10.8 Å². The van der Waals surface area contributed by atoms with Crippen LogP contribution in [0, 0.1) is 0 Å². The van der Waals surface area contributed by atoms with Crippen molar-refractivity contribution >= 4 is 34.0 Å². The zero-order chi connectivity index (χ0) is 21.2. The van der Waals surface area contributed by atoms with Gasteiger partial charge in [0.2, 0.25) is 6.33 Å². The predicted molar refractivity (Wildman–Crippen MR) is 130 cm³/mol. The third-order valence-electron chi connectivity index (χ3n) is 5.87. The highest BCUT2D eigenvalue weighted by atomic mass is 35.5. The minimum absolute atomic E-state index is 0.622. The van der Waals surface area contributed by atoms with Crippen LogP contribution in [0.4, 0.5) is 0 Å². The van der Waals surface area contributed by atoms with Crippen LogP contribution >= 0.6 is 23.2 Å². The molecule has 0 radical (unpaired) electrons. The highest BCUT2D eigenvalue weighted by Gasteiger charge is 2.20. The molecule has 0 saturated heterocycles. The summed E-state index contributed by atoms with van der Waals surface area (Å²) in [5.74, 6) is 0. The number of halogens is 2. The fourth-order valence-corrected chi connectivity index (χ4v) is 4.52. The number of aryl methyl sites for hydroxylation is 1. The summed E-state index contributed by atoms with van der Waals surface area (Å²) in [6.45, 7) is 3.93. The molecule has 1 aromatic heterocycles. The van der Waals surface area contributed by atoms with E-state index in [1.54, 1.807) is 0 Å². The van der Waals surface area contributed by atoms with Crippen molar-refractivity contribution in [2.45, 2.75) is 84.2 Å². The molecule has 0 aliphatic carbocycles. The average molecular weight is 446 g/mol. The lowest BCUT2D eigenvalue weighted by Gasteiger charge is -2.02. The largest absolute Gasteiger partial charge is 0.255 e. The van der Waals surface area contributed by atoms with Gasteiger partial charge in [0.1, 0.15) is 6.54 Å². The van der Waals surface area contributed by atoms with Gasteiger partial charge in [-0.1, -0.05) is 94.7 Å². The van der Waals surface area contributed by atoms with E-state index in [2.05, 4.69) is 60.3 Å². The maximum atomic E-state index is 6.53. The van der Waals surface area contributed by atoms with Crippen LogP contribution in [0.2, 0.25) is 10.3 Å². The molecule has 0 unspecified atom stereocenters. The summed E-state index contributed by atoms with van der Waals surface area (Å²) >= 11 is 13.0. The van der Waals surface area contributed by atoms with Crippen molar-refractivity contribution in [2.75, 3.05) is 0 Å². The van der Waals surface area contributed by atoms with E-state index >= 15 is 0 Å². The van der Waals surface area contributed by atoms with Gasteiger partial charge in [-0.05, 0) is 58.4 Å². The first-order chi connectivity index (χ1) is 14.7. The van der Waals surface area contributed by atoms with Crippen LogP contribution in [-0.2, 0) is 13.1 Å². The van der Waals surface area contributed by atoms with Crippen molar-refractivity contribution in [3.63, 3.8) is 0 Å². The average Bonchev–Trinajstić information content (AvgIpc) is 3.03. The molecule has 2 aromatic carbocycles. The summed E-state index contributed by atoms with van der Waals surface area (Å²) in [6.07, 6.45) is 15.4. The van der Waals surface area contributed by atoms with E-state index in [0.29, 0.717) is 10.3 Å². The Kier molecular flexibility index (Phi) is 9.55. The van der Waals surface area contributed by atoms with E-state index in [4.69, 9.17) is 23.2 Å². The fourth-order valence-electron chi connectivity index (χ4n) is 4.08. The van der Waals surface area contributed by atoms with Gasteiger partial charge in [0.25, 0.3) is 10.3 Å². The number of benzene rings is 2. The predicted octanol–water partition coefficient (Wildman–Crippen LogP) is 8.20. The molecule has 3 aromatic rings. The van der Waals surface area contributed by atoms with Gasteiger partial charge in [0.15, 0.2) is 0 Å². The molecule has 4 heteroatoms. The number of nitrogens with zero attached hydrogens (tertiary/aromatic N) is 2. The van der Waals surface area contributed by atoms with Crippen molar-refractivity contribution in [3.05, 3.63) is 64.7 Å². The van der Waals surface area contributed by atoms with Crippen molar-refractivity contribution in [2.24, 2.45) is 0 Å². The van der Waals surface area contributed by atoms with Crippen LogP contribution in [0.1, 0.15) is 76.7 Å². The number of unbranched alkanes of at least 4 members (excludes halogenated alkanes) is 9. The summed E-state index contributed by atoms with van der Waals surface area (Å²) in [7, 11) is 0. The molecule has 1 heterocycles. The Hall–Kier alpha value is -1.51. The number of imidazole rings is 1. The Bertz CT molecular complexity index is 917. The Balaban J connectivity index is 1.44. The molecule has 3 rings (SSSR count). The lowest BCUT2D eigenvalue weighted by molar-refractivity contribution is -0.685. The second kappa shape index (κ2) is 12.4. The molecule has 0 fully saturated rings. The molecule has 30 heavy (non-hydrogen) atoms. The van der Waals surface area contributed by atoms with Crippen molar-refractivity contribution in [1.82, 2.24) is 4.57 Å². The second-order valence-electron chi connectivity index (χ2n) is 8.38. The summed E-state index contributed by atoms with van der Waals surface area (Å²) in [5.41, 5.74) is 1.23. The summed E-state index contributed by atoms with van der Waals surface area (Å²) < 4.78 is 4.14. The van der Waals surface area contributed by atoms with Gasteiger partial charge < -0.3 is 0 Å². The summed E-state index contributed by atoms with van der Waals surface area (Å²) in [4.78, 5) is 0. The fraction of sp³-hybridized carbons (Fsp3) is 0.500. The molecule has 0 aliphatic rings. The van der Waals surface area contributed by atoms with Crippen LogP contribution in [-0.4, -0.2) is 4.57 Å². The normalized spacial score (nSPS) is 11.4. The van der Waals surface area contributed by atoms with Crippen LogP contribution < -0.4 is 4.57 Å². The molecule has 162 valence electrons. The first-order valence-electron chi connectivity index (χ1n) is 11.6. The van der Waals surface area contributed by atoms with Crippen LogP contribution in [0.5, 0.6) is 0 Å². The number of hydrogen-bond acceptors (Lipinski definition) is 0. The van der Waals surface area contributed by atoms with E-state index in [1.807, 2.05) is 4.57 Å². The van der Waals surface area contributed by atoms with E-state index in [1.165, 1.54) is 74.1 Å².